The largest absolute Gasteiger partial charge is 0.494 e. The fraction of sp³-hybridized carbons (Fsp3) is 0.375. The summed E-state index contributed by atoms with van der Waals surface area (Å²) in [6.45, 7) is 0. The van der Waals surface area contributed by atoms with Gasteiger partial charge in [-0.3, -0.25) is 4.79 Å². The van der Waals surface area contributed by atoms with Gasteiger partial charge < -0.3 is 9.64 Å². The molecular formula is C8H10BrNO2S. The van der Waals surface area contributed by atoms with Crippen LogP contribution in [0, 0.1) is 0 Å². The summed E-state index contributed by atoms with van der Waals surface area (Å²) in [6.07, 6.45) is 0. The van der Waals surface area contributed by atoms with Crippen molar-refractivity contribution in [3.63, 3.8) is 0 Å². The van der Waals surface area contributed by atoms with Gasteiger partial charge in [-0.15, -0.1) is 11.3 Å². The lowest BCUT2D eigenvalue weighted by Gasteiger charge is -2.09. The van der Waals surface area contributed by atoms with Crippen LogP contribution >= 0.6 is 27.3 Å². The molecular weight excluding hydrogens is 254 g/mol. The van der Waals surface area contributed by atoms with Gasteiger partial charge in [-0.05, 0) is 15.9 Å². The Bertz CT molecular complexity index is 322. The van der Waals surface area contributed by atoms with E-state index in [1.807, 2.05) is 5.38 Å². The minimum Gasteiger partial charge on any atom is -0.494 e. The monoisotopic (exact) mass is 263 g/mol. The minimum atomic E-state index is -0.0347. The van der Waals surface area contributed by atoms with Crippen molar-refractivity contribution >= 4 is 33.2 Å². The zero-order chi connectivity index (χ0) is 10.0. The number of methoxy groups -OCH3 is 1. The zero-order valence-corrected chi connectivity index (χ0v) is 10.0. The van der Waals surface area contributed by atoms with Gasteiger partial charge in [-0.25, -0.2) is 0 Å². The highest BCUT2D eigenvalue weighted by Crippen LogP contribution is 2.35. The predicted octanol–water partition coefficient (Wildman–Crippen LogP) is 2.22. The number of amides is 1. The van der Waals surface area contributed by atoms with E-state index in [0.29, 0.717) is 10.6 Å². The number of nitrogens with zero attached hydrogens (tertiary/aromatic N) is 1. The molecule has 0 saturated carbocycles. The van der Waals surface area contributed by atoms with E-state index >= 15 is 0 Å². The van der Waals surface area contributed by atoms with Crippen LogP contribution in [0.1, 0.15) is 9.67 Å². The lowest BCUT2D eigenvalue weighted by Crippen LogP contribution is -2.21. The van der Waals surface area contributed by atoms with Crippen LogP contribution in [-0.4, -0.2) is 32.0 Å². The highest BCUT2D eigenvalue weighted by Gasteiger charge is 2.18. The van der Waals surface area contributed by atoms with Crippen LogP contribution in [0.15, 0.2) is 9.85 Å². The molecule has 5 heteroatoms. The number of carbonyl (C=O) groups is 1. The second kappa shape index (κ2) is 4.11. The van der Waals surface area contributed by atoms with E-state index in [1.165, 1.54) is 16.2 Å². The van der Waals surface area contributed by atoms with Crippen molar-refractivity contribution in [1.82, 2.24) is 4.90 Å². The first kappa shape index (κ1) is 10.5. The number of hydrogen-bond acceptors (Lipinski definition) is 3. The number of ether oxygens (including phenoxy) is 1. The van der Waals surface area contributed by atoms with Crippen LogP contribution in [0.4, 0.5) is 0 Å². The Balaban J connectivity index is 3.07. The number of rotatable bonds is 2. The molecule has 1 amide bonds. The molecule has 0 radical (unpaired) electrons. The average Bonchev–Trinajstić information content (AvgIpc) is 2.45. The van der Waals surface area contributed by atoms with Gasteiger partial charge >= 0.3 is 0 Å². The first-order chi connectivity index (χ1) is 6.07. The molecule has 0 aliphatic heterocycles. The molecule has 0 spiro atoms. The fourth-order valence-electron chi connectivity index (χ4n) is 0.867. The van der Waals surface area contributed by atoms with Gasteiger partial charge in [0.1, 0.15) is 4.88 Å². The normalized spacial score (nSPS) is 9.85. The van der Waals surface area contributed by atoms with Gasteiger partial charge in [0.25, 0.3) is 5.91 Å². The second-order valence-electron chi connectivity index (χ2n) is 2.65. The van der Waals surface area contributed by atoms with E-state index in [-0.39, 0.29) is 5.91 Å². The number of carbonyl (C=O) groups excluding carboxylic acids is 1. The number of thiophene rings is 1. The average molecular weight is 264 g/mol. The summed E-state index contributed by atoms with van der Waals surface area (Å²) < 4.78 is 5.93. The molecule has 0 aromatic carbocycles. The van der Waals surface area contributed by atoms with Crippen molar-refractivity contribution < 1.29 is 9.53 Å². The summed E-state index contributed by atoms with van der Waals surface area (Å²) in [7, 11) is 4.99. The molecule has 72 valence electrons. The number of hydrogen-bond donors (Lipinski definition) is 0. The lowest BCUT2D eigenvalue weighted by atomic mass is 10.4. The SMILES string of the molecule is COc1c(Br)csc1C(=O)N(C)C. The van der Waals surface area contributed by atoms with Gasteiger partial charge in [0.15, 0.2) is 5.75 Å². The summed E-state index contributed by atoms with van der Waals surface area (Å²) in [5.41, 5.74) is 0. The van der Waals surface area contributed by atoms with Crippen molar-refractivity contribution in [3.8, 4) is 5.75 Å². The molecule has 0 atom stereocenters. The van der Waals surface area contributed by atoms with Gasteiger partial charge in [-0.2, -0.15) is 0 Å². The third-order valence-corrected chi connectivity index (χ3v) is 3.35. The summed E-state index contributed by atoms with van der Waals surface area (Å²) in [4.78, 5) is 13.7. The molecule has 0 aliphatic rings. The molecule has 1 aromatic heterocycles. The highest BCUT2D eigenvalue weighted by molar-refractivity contribution is 9.10. The van der Waals surface area contributed by atoms with Crippen molar-refractivity contribution in [2.24, 2.45) is 0 Å². The van der Waals surface area contributed by atoms with E-state index in [4.69, 9.17) is 4.74 Å². The van der Waals surface area contributed by atoms with Crippen molar-refractivity contribution in [3.05, 3.63) is 14.7 Å². The second-order valence-corrected chi connectivity index (χ2v) is 4.38. The van der Waals surface area contributed by atoms with E-state index in [9.17, 15) is 4.79 Å². The Kier molecular flexibility index (Phi) is 3.33. The molecule has 1 heterocycles. The van der Waals surface area contributed by atoms with Crippen LogP contribution < -0.4 is 4.74 Å². The molecule has 1 rings (SSSR count). The maximum Gasteiger partial charge on any atom is 0.267 e. The Morgan fingerprint density at radius 1 is 1.62 bits per heavy atom. The van der Waals surface area contributed by atoms with Gasteiger partial charge in [-0.1, -0.05) is 0 Å². The van der Waals surface area contributed by atoms with Crippen LogP contribution in [0.3, 0.4) is 0 Å². The van der Waals surface area contributed by atoms with Gasteiger partial charge in [0, 0.05) is 19.5 Å². The molecule has 0 aliphatic carbocycles. The standard InChI is InChI=1S/C8H10BrNO2S/c1-10(2)8(11)7-6(12-3)5(9)4-13-7/h4H,1-3H3. The van der Waals surface area contributed by atoms with E-state index in [1.54, 1.807) is 21.2 Å². The molecule has 0 N–H and O–H groups in total. The van der Waals surface area contributed by atoms with Crippen LogP contribution in [-0.2, 0) is 0 Å². The lowest BCUT2D eigenvalue weighted by molar-refractivity contribution is 0.0829. The van der Waals surface area contributed by atoms with Crippen molar-refractivity contribution in [1.29, 1.82) is 0 Å². The van der Waals surface area contributed by atoms with E-state index < -0.39 is 0 Å². The Morgan fingerprint density at radius 3 is 2.69 bits per heavy atom. The van der Waals surface area contributed by atoms with Crippen molar-refractivity contribution in [2.75, 3.05) is 21.2 Å². The van der Waals surface area contributed by atoms with Crippen molar-refractivity contribution in [2.45, 2.75) is 0 Å². The maximum absolute atomic E-state index is 11.6. The molecule has 0 bridgehead atoms. The molecule has 0 fully saturated rings. The third-order valence-electron chi connectivity index (χ3n) is 1.51. The molecule has 3 nitrogen and oxygen atoms in total. The van der Waals surface area contributed by atoms with Crippen LogP contribution in [0.5, 0.6) is 5.75 Å². The number of halogens is 1. The summed E-state index contributed by atoms with van der Waals surface area (Å²) >= 11 is 4.68. The predicted molar refractivity (Wildman–Crippen MR) is 56.6 cm³/mol. The smallest absolute Gasteiger partial charge is 0.267 e. The molecule has 1 aromatic rings. The Morgan fingerprint density at radius 2 is 2.23 bits per heavy atom. The summed E-state index contributed by atoms with van der Waals surface area (Å²) in [5.74, 6) is 0.580. The summed E-state index contributed by atoms with van der Waals surface area (Å²) in [6, 6.07) is 0. The van der Waals surface area contributed by atoms with E-state index in [0.717, 1.165) is 4.47 Å². The first-order valence-corrected chi connectivity index (χ1v) is 5.27. The van der Waals surface area contributed by atoms with Crippen LogP contribution in [0.25, 0.3) is 0 Å². The van der Waals surface area contributed by atoms with Crippen LogP contribution in [0.2, 0.25) is 0 Å². The molecule has 0 saturated heterocycles. The fourth-order valence-corrected chi connectivity index (χ4v) is 2.55. The maximum atomic E-state index is 11.6. The Labute approximate surface area is 89.4 Å². The highest BCUT2D eigenvalue weighted by atomic mass is 79.9. The quantitative estimate of drug-likeness (QED) is 0.819. The van der Waals surface area contributed by atoms with E-state index in [2.05, 4.69) is 15.9 Å². The van der Waals surface area contributed by atoms with Gasteiger partial charge in [0.05, 0.1) is 11.6 Å². The Hall–Kier alpha value is -0.550. The molecule has 0 unspecified atom stereocenters. The molecule has 13 heavy (non-hydrogen) atoms. The van der Waals surface area contributed by atoms with Gasteiger partial charge in [0.2, 0.25) is 0 Å². The minimum absolute atomic E-state index is 0.0347. The summed E-state index contributed by atoms with van der Waals surface area (Å²) in [5, 5.41) is 1.84. The first-order valence-electron chi connectivity index (χ1n) is 3.60. The zero-order valence-electron chi connectivity index (χ0n) is 7.63. The third kappa shape index (κ3) is 2.03. The topological polar surface area (TPSA) is 29.5 Å².